The Kier molecular flexibility index (Phi) is 3.89. The highest BCUT2D eigenvalue weighted by Gasteiger charge is 2.20. The van der Waals surface area contributed by atoms with E-state index in [9.17, 15) is 0 Å². The Hall–Kier alpha value is -2.52. The van der Waals surface area contributed by atoms with Crippen LogP contribution in [0.5, 0.6) is 0 Å². The fraction of sp³-hybridized carbons (Fsp3) is 0.182. The number of benzene rings is 3. The molecule has 0 spiro atoms. The molecule has 124 valence electrons. The van der Waals surface area contributed by atoms with Crippen LogP contribution in [0, 0.1) is 0 Å². The number of nitrogens with zero attached hydrogens (tertiary/aromatic N) is 2. The van der Waals surface area contributed by atoms with E-state index in [0.29, 0.717) is 0 Å². The van der Waals surface area contributed by atoms with E-state index in [-0.39, 0.29) is 5.41 Å². The minimum absolute atomic E-state index is 0.0748. The first kappa shape index (κ1) is 16.0. The number of hydrogen-bond acceptors (Lipinski definition) is 3. The first-order valence-electron chi connectivity index (χ1n) is 8.45. The third-order valence-corrected chi connectivity index (χ3v) is 5.39. The third-order valence-electron chi connectivity index (χ3n) is 4.39. The summed E-state index contributed by atoms with van der Waals surface area (Å²) in [7, 11) is 0. The van der Waals surface area contributed by atoms with Crippen LogP contribution in [0.2, 0.25) is 0 Å². The van der Waals surface area contributed by atoms with E-state index >= 15 is 0 Å². The Morgan fingerprint density at radius 2 is 1.40 bits per heavy atom. The molecule has 0 N–H and O–H groups in total. The number of fused-ring (bicyclic) bond motifs is 1. The fourth-order valence-electron chi connectivity index (χ4n) is 3.09. The lowest BCUT2D eigenvalue weighted by atomic mass is 9.84. The second kappa shape index (κ2) is 6.08. The van der Waals surface area contributed by atoms with Gasteiger partial charge in [0.05, 0.1) is 0 Å². The zero-order valence-corrected chi connectivity index (χ0v) is 15.5. The first-order chi connectivity index (χ1) is 12.0. The monoisotopic (exact) mass is 344 g/mol. The molecule has 2 nitrogen and oxygen atoms in total. The van der Waals surface area contributed by atoms with Crippen molar-refractivity contribution < 1.29 is 0 Å². The molecule has 3 aromatic carbocycles. The molecule has 0 saturated heterocycles. The van der Waals surface area contributed by atoms with Gasteiger partial charge in [0.1, 0.15) is 10.0 Å². The predicted octanol–water partition coefficient (Wildman–Crippen LogP) is 6.32. The first-order valence-corrected chi connectivity index (χ1v) is 9.26. The molecular formula is C22H20N2S. The summed E-state index contributed by atoms with van der Waals surface area (Å²) in [5, 5.41) is 13.4. The lowest BCUT2D eigenvalue weighted by Crippen LogP contribution is -2.12. The summed E-state index contributed by atoms with van der Waals surface area (Å²) in [4.78, 5) is 0. The van der Waals surface area contributed by atoms with Gasteiger partial charge in [-0.1, -0.05) is 92.8 Å². The highest BCUT2D eigenvalue weighted by Crippen LogP contribution is 2.36. The van der Waals surface area contributed by atoms with Crippen LogP contribution in [-0.4, -0.2) is 10.2 Å². The molecule has 3 heteroatoms. The quantitative estimate of drug-likeness (QED) is 0.425. The molecule has 0 aliphatic rings. The van der Waals surface area contributed by atoms with Crippen LogP contribution in [-0.2, 0) is 5.41 Å². The van der Waals surface area contributed by atoms with Crippen LogP contribution < -0.4 is 0 Å². The lowest BCUT2D eigenvalue weighted by Gasteiger charge is -2.21. The predicted molar refractivity (Wildman–Crippen MR) is 107 cm³/mol. The molecule has 25 heavy (non-hydrogen) atoms. The van der Waals surface area contributed by atoms with Crippen molar-refractivity contribution in [3.63, 3.8) is 0 Å². The van der Waals surface area contributed by atoms with Crippen LogP contribution in [0.25, 0.3) is 31.9 Å². The third kappa shape index (κ3) is 3.08. The van der Waals surface area contributed by atoms with Crippen LogP contribution >= 0.6 is 11.3 Å². The molecular weight excluding hydrogens is 324 g/mol. The van der Waals surface area contributed by atoms with Crippen molar-refractivity contribution in [1.82, 2.24) is 10.2 Å². The van der Waals surface area contributed by atoms with Crippen molar-refractivity contribution in [1.29, 1.82) is 0 Å². The summed E-state index contributed by atoms with van der Waals surface area (Å²) in [6, 6.07) is 23.4. The molecule has 0 unspecified atom stereocenters. The smallest absolute Gasteiger partial charge is 0.138 e. The number of aromatic nitrogens is 2. The fourth-order valence-corrected chi connectivity index (χ4v) is 3.97. The minimum atomic E-state index is 0.0748. The minimum Gasteiger partial charge on any atom is -0.138 e. The molecule has 0 aliphatic heterocycles. The van der Waals surface area contributed by atoms with Gasteiger partial charge in [0.25, 0.3) is 0 Å². The normalized spacial score (nSPS) is 11.8. The van der Waals surface area contributed by atoms with E-state index in [1.54, 1.807) is 11.3 Å². The molecule has 1 aromatic heterocycles. The standard InChI is InChI=1S/C22H20N2S/c1-22(2,3)19-11-7-6-10-18(19)21-24-23-20(25-21)17-13-12-15-8-4-5-9-16(15)14-17/h4-14H,1-3H3. The molecule has 0 aliphatic carbocycles. The zero-order chi connectivity index (χ0) is 17.4. The summed E-state index contributed by atoms with van der Waals surface area (Å²) in [6.07, 6.45) is 0. The van der Waals surface area contributed by atoms with Crippen LogP contribution in [0.1, 0.15) is 26.3 Å². The van der Waals surface area contributed by atoms with Crippen molar-refractivity contribution in [2.75, 3.05) is 0 Å². The van der Waals surface area contributed by atoms with Crippen molar-refractivity contribution in [3.05, 3.63) is 72.3 Å². The van der Waals surface area contributed by atoms with E-state index in [2.05, 4.69) is 97.7 Å². The van der Waals surface area contributed by atoms with Gasteiger partial charge in [-0.15, -0.1) is 10.2 Å². The molecule has 0 bridgehead atoms. The van der Waals surface area contributed by atoms with Gasteiger partial charge in [-0.3, -0.25) is 0 Å². The van der Waals surface area contributed by atoms with Crippen molar-refractivity contribution in [2.45, 2.75) is 26.2 Å². The summed E-state index contributed by atoms with van der Waals surface area (Å²) in [5.74, 6) is 0. The SMILES string of the molecule is CC(C)(C)c1ccccc1-c1nnc(-c2ccc3ccccc3c2)s1. The maximum absolute atomic E-state index is 4.49. The van der Waals surface area contributed by atoms with Gasteiger partial charge in [-0.2, -0.15) is 0 Å². The maximum atomic E-state index is 4.49. The summed E-state index contributed by atoms with van der Waals surface area (Å²) < 4.78 is 0. The summed E-state index contributed by atoms with van der Waals surface area (Å²) in [6.45, 7) is 6.70. The van der Waals surface area contributed by atoms with Gasteiger partial charge < -0.3 is 0 Å². The van der Waals surface area contributed by atoms with E-state index in [1.807, 2.05) is 0 Å². The van der Waals surface area contributed by atoms with Gasteiger partial charge >= 0.3 is 0 Å². The highest BCUT2D eigenvalue weighted by molar-refractivity contribution is 7.17. The average Bonchev–Trinajstić information content (AvgIpc) is 3.10. The largest absolute Gasteiger partial charge is 0.148 e. The number of rotatable bonds is 2. The Morgan fingerprint density at radius 3 is 2.20 bits per heavy atom. The number of hydrogen-bond donors (Lipinski definition) is 0. The maximum Gasteiger partial charge on any atom is 0.148 e. The topological polar surface area (TPSA) is 25.8 Å². The molecule has 0 atom stereocenters. The second-order valence-electron chi connectivity index (χ2n) is 7.27. The van der Waals surface area contributed by atoms with Crippen LogP contribution in [0.15, 0.2) is 66.7 Å². The Bertz CT molecular complexity index is 1040. The molecule has 0 radical (unpaired) electrons. The van der Waals surface area contributed by atoms with Crippen molar-refractivity contribution in [3.8, 4) is 21.1 Å². The van der Waals surface area contributed by atoms with E-state index in [4.69, 9.17) is 0 Å². The lowest BCUT2D eigenvalue weighted by molar-refractivity contribution is 0.592. The molecule has 4 aromatic rings. The highest BCUT2D eigenvalue weighted by atomic mass is 32.1. The molecule has 0 amide bonds. The van der Waals surface area contributed by atoms with Crippen LogP contribution in [0.3, 0.4) is 0 Å². The van der Waals surface area contributed by atoms with E-state index in [0.717, 1.165) is 15.6 Å². The zero-order valence-electron chi connectivity index (χ0n) is 14.7. The summed E-state index contributed by atoms with van der Waals surface area (Å²) >= 11 is 1.66. The molecule has 0 saturated carbocycles. The van der Waals surface area contributed by atoms with Gasteiger partial charge in [-0.05, 0) is 27.8 Å². The second-order valence-corrected chi connectivity index (χ2v) is 8.25. The van der Waals surface area contributed by atoms with Gasteiger partial charge in [0.2, 0.25) is 0 Å². The van der Waals surface area contributed by atoms with Gasteiger partial charge in [0, 0.05) is 11.1 Å². The van der Waals surface area contributed by atoms with E-state index in [1.165, 1.54) is 21.9 Å². The van der Waals surface area contributed by atoms with Crippen molar-refractivity contribution >= 4 is 22.1 Å². The average molecular weight is 344 g/mol. The van der Waals surface area contributed by atoms with Gasteiger partial charge in [-0.25, -0.2) is 0 Å². The molecule has 0 fully saturated rings. The van der Waals surface area contributed by atoms with E-state index < -0.39 is 0 Å². The van der Waals surface area contributed by atoms with Crippen LogP contribution in [0.4, 0.5) is 0 Å². The molecule has 4 rings (SSSR count). The Morgan fingerprint density at radius 1 is 0.720 bits per heavy atom. The van der Waals surface area contributed by atoms with Gasteiger partial charge in [0.15, 0.2) is 0 Å². The Labute approximate surface area is 152 Å². The van der Waals surface area contributed by atoms with Crippen molar-refractivity contribution in [2.24, 2.45) is 0 Å². The Balaban J connectivity index is 1.78. The molecule has 1 heterocycles. The summed E-state index contributed by atoms with van der Waals surface area (Å²) in [5.41, 5.74) is 3.68.